The van der Waals surface area contributed by atoms with Crippen LogP contribution in [0.2, 0.25) is 0 Å². The monoisotopic (exact) mass is 241 g/mol. The molecule has 98 valence electrons. The van der Waals surface area contributed by atoms with Crippen LogP contribution in [0, 0.1) is 0 Å². The summed E-state index contributed by atoms with van der Waals surface area (Å²) in [5.74, 6) is 0. The second kappa shape index (κ2) is 4.46. The molecule has 0 aliphatic carbocycles. The van der Waals surface area contributed by atoms with Gasteiger partial charge in [-0.15, -0.1) is 0 Å². The largest absolute Gasteiger partial charge is 0.444 e. The van der Waals surface area contributed by atoms with Gasteiger partial charge in [0.15, 0.2) is 0 Å². The molecule has 0 aromatic rings. The van der Waals surface area contributed by atoms with Crippen LogP contribution in [0.4, 0.5) is 4.79 Å². The molecule has 17 heavy (non-hydrogen) atoms. The van der Waals surface area contributed by atoms with Crippen molar-refractivity contribution in [1.29, 1.82) is 0 Å². The van der Waals surface area contributed by atoms with Gasteiger partial charge >= 0.3 is 6.09 Å². The average molecular weight is 241 g/mol. The lowest BCUT2D eigenvalue weighted by Crippen LogP contribution is -2.61. The molecule has 5 nitrogen and oxygen atoms in total. The topological polar surface area (TPSA) is 58.8 Å². The Balaban J connectivity index is 1.73. The van der Waals surface area contributed by atoms with Crippen LogP contribution >= 0.6 is 0 Å². The van der Waals surface area contributed by atoms with Crippen molar-refractivity contribution in [3.8, 4) is 0 Å². The van der Waals surface area contributed by atoms with E-state index in [1.165, 1.54) is 0 Å². The average Bonchev–Trinajstić information content (AvgIpc) is 2.45. The molecular formula is C12H23N3O2. The zero-order valence-electron chi connectivity index (χ0n) is 11.0. The fourth-order valence-electron chi connectivity index (χ4n) is 2.31. The Morgan fingerprint density at radius 1 is 1.29 bits per heavy atom. The third kappa shape index (κ3) is 3.10. The van der Waals surface area contributed by atoms with Gasteiger partial charge in [-0.25, -0.2) is 4.79 Å². The standard InChI is InChI=1S/C12H23N3O2/c1-12(2,3)17-11(16)15-7-10(8-15)14-5-4-9(13)6-14/h9-10H,4-8,13H2,1-3H3/t9-/m0/s1. The van der Waals surface area contributed by atoms with Gasteiger partial charge in [-0.3, -0.25) is 4.90 Å². The summed E-state index contributed by atoms with van der Waals surface area (Å²) >= 11 is 0. The van der Waals surface area contributed by atoms with Gasteiger partial charge < -0.3 is 15.4 Å². The molecule has 2 heterocycles. The Labute approximate surface area is 103 Å². The van der Waals surface area contributed by atoms with Gasteiger partial charge in [0.25, 0.3) is 0 Å². The third-order valence-electron chi connectivity index (χ3n) is 3.29. The van der Waals surface area contributed by atoms with E-state index in [0.717, 1.165) is 32.6 Å². The van der Waals surface area contributed by atoms with Crippen molar-refractivity contribution in [1.82, 2.24) is 9.80 Å². The molecule has 1 atom stereocenters. The number of hydrogen-bond donors (Lipinski definition) is 1. The molecule has 0 saturated carbocycles. The highest BCUT2D eigenvalue weighted by Gasteiger charge is 2.38. The molecule has 2 saturated heterocycles. The Hall–Kier alpha value is -0.810. The summed E-state index contributed by atoms with van der Waals surface area (Å²) in [6.45, 7) is 9.26. The van der Waals surface area contributed by atoms with Crippen LogP contribution in [0.25, 0.3) is 0 Å². The number of carbonyl (C=O) groups is 1. The maximum Gasteiger partial charge on any atom is 0.410 e. The van der Waals surface area contributed by atoms with E-state index in [0.29, 0.717) is 12.1 Å². The first-order chi connectivity index (χ1) is 7.85. The molecule has 2 N–H and O–H groups in total. The van der Waals surface area contributed by atoms with Crippen LogP contribution in [0.3, 0.4) is 0 Å². The van der Waals surface area contributed by atoms with E-state index in [1.54, 1.807) is 4.90 Å². The van der Waals surface area contributed by atoms with Crippen LogP contribution in [0.5, 0.6) is 0 Å². The molecule has 0 spiro atoms. The lowest BCUT2D eigenvalue weighted by Gasteiger charge is -2.44. The summed E-state index contributed by atoms with van der Waals surface area (Å²) in [4.78, 5) is 15.9. The summed E-state index contributed by atoms with van der Waals surface area (Å²) in [5, 5.41) is 0. The Bertz CT molecular complexity index is 295. The van der Waals surface area contributed by atoms with Crippen molar-refractivity contribution in [2.45, 2.75) is 44.9 Å². The van der Waals surface area contributed by atoms with Crippen molar-refractivity contribution in [3.63, 3.8) is 0 Å². The van der Waals surface area contributed by atoms with E-state index >= 15 is 0 Å². The summed E-state index contributed by atoms with van der Waals surface area (Å²) in [5.41, 5.74) is 5.47. The van der Waals surface area contributed by atoms with Gasteiger partial charge in [0.1, 0.15) is 5.60 Å². The Morgan fingerprint density at radius 2 is 1.94 bits per heavy atom. The number of rotatable bonds is 1. The van der Waals surface area contributed by atoms with Gasteiger partial charge in [-0.2, -0.15) is 0 Å². The molecule has 2 aliphatic rings. The smallest absolute Gasteiger partial charge is 0.410 e. The predicted molar refractivity (Wildman–Crippen MR) is 65.8 cm³/mol. The minimum absolute atomic E-state index is 0.197. The maximum absolute atomic E-state index is 11.7. The van der Waals surface area contributed by atoms with E-state index in [-0.39, 0.29) is 6.09 Å². The number of ether oxygens (including phenoxy) is 1. The molecule has 5 heteroatoms. The molecule has 0 radical (unpaired) electrons. The summed E-state index contributed by atoms with van der Waals surface area (Å²) in [6, 6.07) is 0.793. The summed E-state index contributed by atoms with van der Waals surface area (Å²) in [7, 11) is 0. The SMILES string of the molecule is CC(C)(C)OC(=O)N1CC(N2CC[C@H](N)C2)C1. The molecule has 2 rings (SSSR count). The molecule has 1 amide bonds. The number of likely N-dealkylation sites (tertiary alicyclic amines) is 2. The first kappa shape index (κ1) is 12.6. The van der Waals surface area contributed by atoms with Gasteiger partial charge in [0, 0.05) is 38.3 Å². The normalized spacial score (nSPS) is 27.1. The van der Waals surface area contributed by atoms with Crippen LogP contribution in [-0.4, -0.2) is 59.8 Å². The van der Waals surface area contributed by atoms with Gasteiger partial charge in [-0.05, 0) is 27.2 Å². The second-order valence-electron chi connectivity index (χ2n) is 6.08. The highest BCUT2D eigenvalue weighted by molar-refractivity contribution is 5.69. The van der Waals surface area contributed by atoms with E-state index in [2.05, 4.69) is 4.90 Å². The lowest BCUT2D eigenvalue weighted by atomic mass is 10.1. The molecule has 0 aromatic carbocycles. The molecule has 2 fully saturated rings. The lowest BCUT2D eigenvalue weighted by molar-refractivity contribution is -0.0114. The highest BCUT2D eigenvalue weighted by atomic mass is 16.6. The van der Waals surface area contributed by atoms with Crippen molar-refractivity contribution < 1.29 is 9.53 Å². The maximum atomic E-state index is 11.7. The molecule has 0 aromatic heterocycles. The van der Waals surface area contributed by atoms with Crippen LogP contribution in [0.1, 0.15) is 27.2 Å². The Kier molecular flexibility index (Phi) is 3.32. The van der Waals surface area contributed by atoms with Crippen LogP contribution in [-0.2, 0) is 4.74 Å². The molecule has 0 unspecified atom stereocenters. The number of hydrogen-bond acceptors (Lipinski definition) is 4. The summed E-state index contributed by atoms with van der Waals surface area (Å²) in [6.07, 6.45) is 0.875. The highest BCUT2D eigenvalue weighted by Crippen LogP contribution is 2.21. The Morgan fingerprint density at radius 3 is 2.41 bits per heavy atom. The van der Waals surface area contributed by atoms with Gasteiger partial charge in [0.05, 0.1) is 0 Å². The molecular weight excluding hydrogens is 218 g/mol. The van der Waals surface area contributed by atoms with Crippen LogP contribution < -0.4 is 5.73 Å². The minimum Gasteiger partial charge on any atom is -0.444 e. The number of nitrogens with two attached hydrogens (primary N) is 1. The van der Waals surface area contributed by atoms with Gasteiger partial charge in [-0.1, -0.05) is 0 Å². The zero-order chi connectivity index (χ0) is 12.6. The molecule has 2 aliphatic heterocycles. The number of carbonyl (C=O) groups excluding carboxylic acids is 1. The second-order valence-corrected chi connectivity index (χ2v) is 6.08. The first-order valence-corrected chi connectivity index (χ1v) is 6.33. The van der Waals surface area contributed by atoms with Crippen molar-refractivity contribution in [2.75, 3.05) is 26.2 Å². The number of amides is 1. The molecule has 0 bridgehead atoms. The third-order valence-corrected chi connectivity index (χ3v) is 3.29. The summed E-state index contributed by atoms with van der Waals surface area (Å²) < 4.78 is 5.32. The van der Waals surface area contributed by atoms with E-state index in [1.807, 2.05) is 20.8 Å². The van der Waals surface area contributed by atoms with Crippen molar-refractivity contribution in [3.05, 3.63) is 0 Å². The zero-order valence-corrected chi connectivity index (χ0v) is 11.0. The van der Waals surface area contributed by atoms with E-state index in [9.17, 15) is 4.79 Å². The van der Waals surface area contributed by atoms with Gasteiger partial charge in [0.2, 0.25) is 0 Å². The van der Waals surface area contributed by atoms with Crippen LogP contribution in [0.15, 0.2) is 0 Å². The van der Waals surface area contributed by atoms with E-state index in [4.69, 9.17) is 10.5 Å². The quantitative estimate of drug-likeness (QED) is 0.732. The number of nitrogens with zero attached hydrogens (tertiary/aromatic N) is 2. The van der Waals surface area contributed by atoms with Crippen molar-refractivity contribution >= 4 is 6.09 Å². The fraction of sp³-hybridized carbons (Fsp3) is 0.917. The first-order valence-electron chi connectivity index (χ1n) is 6.33. The minimum atomic E-state index is -0.405. The van der Waals surface area contributed by atoms with Crippen molar-refractivity contribution in [2.24, 2.45) is 5.73 Å². The predicted octanol–water partition coefficient (Wildman–Crippen LogP) is 0.639. The van der Waals surface area contributed by atoms with E-state index < -0.39 is 5.60 Å². The fourth-order valence-corrected chi connectivity index (χ4v) is 2.31.